The van der Waals surface area contributed by atoms with E-state index in [4.69, 9.17) is 16.3 Å². The average molecular weight is 453 g/mol. The quantitative estimate of drug-likeness (QED) is 0.661. The van der Waals surface area contributed by atoms with Crippen molar-refractivity contribution < 1.29 is 35.9 Å². The van der Waals surface area contributed by atoms with Crippen molar-refractivity contribution in [3.05, 3.63) is 41.4 Å². The van der Waals surface area contributed by atoms with Gasteiger partial charge in [-0.2, -0.15) is 13.2 Å². The van der Waals surface area contributed by atoms with E-state index in [0.717, 1.165) is 18.2 Å². The minimum Gasteiger partial charge on any atom is -0.495 e. The summed E-state index contributed by atoms with van der Waals surface area (Å²) in [5.74, 6) is -0.592. The first kappa shape index (κ1) is 22.6. The molecule has 0 aliphatic carbocycles. The van der Waals surface area contributed by atoms with Gasteiger partial charge in [0, 0.05) is 11.9 Å². The Labute approximate surface area is 169 Å². The topological polar surface area (TPSA) is 93.7 Å². The molecule has 0 bridgehead atoms. The molecule has 0 aliphatic rings. The van der Waals surface area contributed by atoms with Gasteiger partial charge in [0.15, 0.2) is 6.61 Å². The molecule has 2 aromatic carbocycles. The molecule has 1 amide bonds. The first-order chi connectivity index (χ1) is 13.4. The molecule has 7 nitrogen and oxygen atoms in total. The Kier molecular flexibility index (Phi) is 6.85. The van der Waals surface area contributed by atoms with Gasteiger partial charge in [0.1, 0.15) is 11.5 Å². The molecular weight excluding hydrogens is 437 g/mol. The van der Waals surface area contributed by atoms with Crippen LogP contribution < -0.4 is 19.5 Å². The monoisotopic (exact) mass is 452 g/mol. The number of nitrogens with one attached hydrogen (secondary N) is 2. The lowest BCUT2D eigenvalue weighted by Gasteiger charge is -2.16. The van der Waals surface area contributed by atoms with Crippen LogP contribution in [0.25, 0.3) is 0 Å². The van der Waals surface area contributed by atoms with E-state index in [-0.39, 0.29) is 32.8 Å². The fraction of sp³-hybridized carbons (Fsp3) is 0.235. The molecule has 0 aromatic heterocycles. The van der Waals surface area contributed by atoms with Gasteiger partial charge in [-0.3, -0.25) is 9.52 Å². The maximum atomic E-state index is 12.7. The molecule has 0 saturated carbocycles. The van der Waals surface area contributed by atoms with Crippen molar-refractivity contribution in [2.75, 3.05) is 23.8 Å². The van der Waals surface area contributed by atoms with Gasteiger partial charge in [-0.1, -0.05) is 11.6 Å². The Morgan fingerprint density at radius 3 is 2.34 bits per heavy atom. The van der Waals surface area contributed by atoms with Gasteiger partial charge in [-0.25, -0.2) is 8.42 Å². The SMILES string of the molecule is COc1ccc(S(=O)(=O)Nc2cc(Cl)ccc2OCC(F)(F)F)cc1NC(C)=O. The summed E-state index contributed by atoms with van der Waals surface area (Å²) < 4.78 is 74.6. The lowest BCUT2D eigenvalue weighted by atomic mass is 10.3. The van der Waals surface area contributed by atoms with Crippen molar-refractivity contribution in [1.29, 1.82) is 0 Å². The highest BCUT2D eigenvalue weighted by atomic mass is 35.5. The van der Waals surface area contributed by atoms with Gasteiger partial charge in [0.2, 0.25) is 5.91 Å². The van der Waals surface area contributed by atoms with Crippen molar-refractivity contribution in [3.8, 4) is 11.5 Å². The molecule has 0 aliphatic heterocycles. The first-order valence-electron chi connectivity index (χ1n) is 7.89. The molecule has 2 N–H and O–H groups in total. The number of ether oxygens (including phenoxy) is 2. The number of methoxy groups -OCH3 is 1. The Balaban J connectivity index is 2.38. The van der Waals surface area contributed by atoms with Crippen LogP contribution in [-0.2, 0) is 14.8 Å². The smallest absolute Gasteiger partial charge is 0.422 e. The summed E-state index contributed by atoms with van der Waals surface area (Å²) in [6.45, 7) is -0.381. The molecule has 0 fully saturated rings. The third kappa shape index (κ3) is 6.43. The van der Waals surface area contributed by atoms with E-state index < -0.39 is 28.7 Å². The zero-order valence-corrected chi connectivity index (χ0v) is 16.7. The minimum atomic E-state index is -4.61. The van der Waals surface area contributed by atoms with Crippen LogP contribution in [0.15, 0.2) is 41.3 Å². The van der Waals surface area contributed by atoms with Gasteiger partial charge in [0.05, 0.1) is 23.4 Å². The lowest BCUT2D eigenvalue weighted by molar-refractivity contribution is -0.153. The fourth-order valence-electron chi connectivity index (χ4n) is 2.21. The summed E-state index contributed by atoms with van der Waals surface area (Å²) in [5.41, 5.74) is -0.179. The molecule has 2 rings (SSSR count). The second kappa shape index (κ2) is 8.78. The molecule has 0 radical (unpaired) electrons. The molecule has 12 heteroatoms. The van der Waals surface area contributed by atoms with E-state index in [9.17, 15) is 26.4 Å². The normalized spacial score (nSPS) is 11.7. The van der Waals surface area contributed by atoms with Crippen LogP contribution in [0.5, 0.6) is 11.5 Å². The van der Waals surface area contributed by atoms with E-state index in [0.29, 0.717) is 0 Å². The number of sulfonamides is 1. The number of amides is 1. The van der Waals surface area contributed by atoms with Crippen LogP contribution >= 0.6 is 11.6 Å². The van der Waals surface area contributed by atoms with Crippen LogP contribution in [0.4, 0.5) is 24.5 Å². The van der Waals surface area contributed by atoms with Crippen LogP contribution in [0.2, 0.25) is 5.02 Å². The standard InChI is InChI=1S/C17H16ClF3N2O5S/c1-10(24)22-13-8-12(4-6-15(13)27-2)29(25,26)23-14-7-11(18)3-5-16(14)28-9-17(19,20)21/h3-8,23H,9H2,1-2H3,(H,22,24). The maximum Gasteiger partial charge on any atom is 0.422 e. The van der Waals surface area contributed by atoms with Crippen LogP contribution in [0.3, 0.4) is 0 Å². The second-order valence-corrected chi connectivity index (χ2v) is 7.81. The molecule has 29 heavy (non-hydrogen) atoms. The van der Waals surface area contributed by atoms with Gasteiger partial charge >= 0.3 is 6.18 Å². The number of rotatable bonds is 7. The van der Waals surface area contributed by atoms with E-state index in [1.165, 1.54) is 32.2 Å². The number of anilines is 2. The summed E-state index contributed by atoms with van der Waals surface area (Å²) in [6, 6.07) is 7.15. The summed E-state index contributed by atoms with van der Waals surface area (Å²) in [6.07, 6.45) is -4.61. The summed E-state index contributed by atoms with van der Waals surface area (Å²) in [4.78, 5) is 11.0. The molecular formula is C17H16ClF3N2O5S. The Hall–Kier alpha value is -2.66. The maximum absolute atomic E-state index is 12.7. The average Bonchev–Trinajstić information content (AvgIpc) is 2.59. The molecule has 2 aromatic rings. The van der Waals surface area contributed by atoms with Crippen molar-refractivity contribution in [2.24, 2.45) is 0 Å². The van der Waals surface area contributed by atoms with Crippen molar-refractivity contribution in [1.82, 2.24) is 0 Å². The fourth-order valence-corrected chi connectivity index (χ4v) is 3.47. The summed E-state index contributed by atoms with van der Waals surface area (Å²) in [5, 5.41) is 2.51. The highest BCUT2D eigenvalue weighted by molar-refractivity contribution is 7.92. The Morgan fingerprint density at radius 2 is 1.76 bits per heavy atom. The number of hydrogen-bond donors (Lipinski definition) is 2. The number of alkyl halides is 3. The molecule has 0 spiro atoms. The van der Waals surface area contributed by atoms with Gasteiger partial charge < -0.3 is 14.8 Å². The van der Waals surface area contributed by atoms with E-state index >= 15 is 0 Å². The highest BCUT2D eigenvalue weighted by Gasteiger charge is 2.29. The summed E-state index contributed by atoms with van der Waals surface area (Å²) in [7, 11) is -2.93. The Morgan fingerprint density at radius 1 is 1.10 bits per heavy atom. The molecule has 0 unspecified atom stereocenters. The van der Waals surface area contributed by atoms with E-state index in [2.05, 4.69) is 14.8 Å². The van der Waals surface area contributed by atoms with Gasteiger partial charge in [-0.15, -0.1) is 0 Å². The zero-order chi connectivity index (χ0) is 21.8. The van der Waals surface area contributed by atoms with Crippen LogP contribution in [-0.4, -0.2) is 34.2 Å². The molecule has 0 saturated heterocycles. The summed E-state index contributed by atoms with van der Waals surface area (Å²) >= 11 is 5.83. The van der Waals surface area contributed by atoms with Crippen LogP contribution in [0.1, 0.15) is 6.92 Å². The Bertz CT molecular complexity index is 1010. The third-order valence-electron chi connectivity index (χ3n) is 3.37. The highest BCUT2D eigenvalue weighted by Crippen LogP contribution is 2.33. The first-order valence-corrected chi connectivity index (χ1v) is 9.75. The predicted octanol–water partition coefficient (Wildman–Crippen LogP) is 4.05. The lowest BCUT2D eigenvalue weighted by Crippen LogP contribution is -2.20. The van der Waals surface area contributed by atoms with E-state index in [1.54, 1.807) is 0 Å². The second-order valence-electron chi connectivity index (χ2n) is 5.69. The van der Waals surface area contributed by atoms with Crippen molar-refractivity contribution in [2.45, 2.75) is 18.0 Å². The number of hydrogen-bond acceptors (Lipinski definition) is 5. The zero-order valence-electron chi connectivity index (χ0n) is 15.1. The molecule has 0 atom stereocenters. The number of benzene rings is 2. The largest absolute Gasteiger partial charge is 0.495 e. The van der Waals surface area contributed by atoms with Gasteiger partial charge in [0.25, 0.3) is 10.0 Å². The van der Waals surface area contributed by atoms with Crippen molar-refractivity contribution in [3.63, 3.8) is 0 Å². The minimum absolute atomic E-state index is 0.0794. The third-order valence-corrected chi connectivity index (χ3v) is 4.97. The molecule has 0 heterocycles. The molecule has 158 valence electrons. The van der Waals surface area contributed by atoms with Crippen LogP contribution in [0, 0.1) is 0 Å². The van der Waals surface area contributed by atoms with E-state index in [1.807, 2.05) is 0 Å². The number of halogens is 4. The van der Waals surface area contributed by atoms with Gasteiger partial charge in [-0.05, 0) is 36.4 Å². The van der Waals surface area contributed by atoms with Crippen molar-refractivity contribution >= 4 is 38.9 Å². The predicted molar refractivity (Wildman–Crippen MR) is 101 cm³/mol. The number of carbonyl (C=O) groups excluding carboxylic acids is 1. The number of carbonyl (C=O) groups is 1.